The van der Waals surface area contributed by atoms with Gasteiger partial charge in [0.15, 0.2) is 5.13 Å². The van der Waals surface area contributed by atoms with Crippen LogP contribution in [-0.2, 0) is 6.54 Å². The SMILES string of the molecule is COc1ccc2sc(N(Cc3cccnc3)C(=O)c3ccccc3Oc3ccccc3)nc2c1. The summed E-state index contributed by atoms with van der Waals surface area (Å²) in [6, 6.07) is 26.2. The summed E-state index contributed by atoms with van der Waals surface area (Å²) < 4.78 is 12.4. The number of hydrogen-bond acceptors (Lipinski definition) is 6. The number of thiazole rings is 1. The van der Waals surface area contributed by atoms with E-state index in [9.17, 15) is 4.79 Å². The van der Waals surface area contributed by atoms with Crippen LogP contribution >= 0.6 is 11.3 Å². The molecule has 0 aliphatic heterocycles. The van der Waals surface area contributed by atoms with Crippen LogP contribution in [0.2, 0.25) is 0 Å². The quantitative estimate of drug-likeness (QED) is 0.279. The Balaban J connectivity index is 1.55. The van der Waals surface area contributed by atoms with Gasteiger partial charge < -0.3 is 9.47 Å². The van der Waals surface area contributed by atoms with Gasteiger partial charge in [0.1, 0.15) is 17.2 Å². The van der Waals surface area contributed by atoms with Gasteiger partial charge in [0.2, 0.25) is 0 Å². The summed E-state index contributed by atoms with van der Waals surface area (Å²) in [5.41, 5.74) is 2.12. The van der Waals surface area contributed by atoms with E-state index in [0.717, 1.165) is 21.5 Å². The van der Waals surface area contributed by atoms with Crippen LogP contribution in [0.5, 0.6) is 17.2 Å². The summed E-state index contributed by atoms with van der Waals surface area (Å²) >= 11 is 1.45. The predicted molar refractivity (Wildman–Crippen MR) is 134 cm³/mol. The zero-order chi connectivity index (χ0) is 23.3. The molecule has 0 saturated heterocycles. The van der Waals surface area contributed by atoms with Gasteiger partial charge in [-0.25, -0.2) is 4.98 Å². The van der Waals surface area contributed by atoms with Gasteiger partial charge in [-0.05, 0) is 48.0 Å². The van der Waals surface area contributed by atoms with Crippen molar-refractivity contribution in [1.82, 2.24) is 9.97 Å². The van der Waals surface area contributed by atoms with E-state index in [2.05, 4.69) is 4.98 Å². The Bertz CT molecular complexity index is 1420. The fraction of sp³-hybridized carbons (Fsp3) is 0.0741. The molecule has 2 aromatic heterocycles. The lowest BCUT2D eigenvalue weighted by Crippen LogP contribution is -2.30. The van der Waals surface area contributed by atoms with Gasteiger partial charge in [-0.3, -0.25) is 14.7 Å². The third-order valence-electron chi connectivity index (χ3n) is 5.21. The summed E-state index contributed by atoms with van der Waals surface area (Å²) in [5.74, 6) is 1.66. The van der Waals surface area contributed by atoms with Gasteiger partial charge in [-0.2, -0.15) is 0 Å². The van der Waals surface area contributed by atoms with Crippen molar-refractivity contribution in [2.75, 3.05) is 12.0 Å². The zero-order valence-corrected chi connectivity index (χ0v) is 19.2. The second kappa shape index (κ2) is 9.72. The maximum absolute atomic E-state index is 13.9. The van der Waals surface area contributed by atoms with E-state index in [1.807, 2.05) is 72.8 Å². The van der Waals surface area contributed by atoms with Crippen LogP contribution in [0, 0.1) is 0 Å². The molecule has 6 nitrogen and oxygen atoms in total. The number of pyridine rings is 1. The highest BCUT2D eigenvalue weighted by Gasteiger charge is 2.25. The number of hydrogen-bond donors (Lipinski definition) is 0. The minimum Gasteiger partial charge on any atom is -0.497 e. The molecule has 3 aromatic carbocycles. The van der Waals surface area contributed by atoms with E-state index in [0.29, 0.717) is 28.7 Å². The lowest BCUT2D eigenvalue weighted by Gasteiger charge is -2.21. The summed E-state index contributed by atoms with van der Waals surface area (Å²) in [7, 11) is 1.62. The second-order valence-corrected chi connectivity index (χ2v) is 8.50. The number of methoxy groups -OCH3 is 1. The Labute approximate surface area is 201 Å². The van der Waals surface area contributed by atoms with Crippen molar-refractivity contribution in [3.8, 4) is 17.2 Å². The molecule has 168 valence electrons. The van der Waals surface area contributed by atoms with E-state index in [1.165, 1.54) is 11.3 Å². The van der Waals surface area contributed by atoms with Gasteiger partial charge in [-0.15, -0.1) is 0 Å². The molecule has 0 saturated carbocycles. The lowest BCUT2D eigenvalue weighted by atomic mass is 10.1. The highest BCUT2D eigenvalue weighted by Crippen LogP contribution is 2.34. The van der Waals surface area contributed by atoms with Crippen molar-refractivity contribution in [1.29, 1.82) is 0 Å². The van der Waals surface area contributed by atoms with Crippen LogP contribution < -0.4 is 14.4 Å². The van der Waals surface area contributed by atoms with Crippen LogP contribution in [0.4, 0.5) is 5.13 Å². The molecule has 5 rings (SSSR count). The fourth-order valence-corrected chi connectivity index (χ4v) is 4.47. The first-order valence-corrected chi connectivity index (χ1v) is 11.5. The number of para-hydroxylation sites is 2. The monoisotopic (exact) mass is 467 g/mol. The third kappa shape index (κ3) is 4.60. The Morgan fingerprint density at radius 3 is 2.56 bits per heavy atom. The zero-order valence-electron chi connectivity index (χ0n) is 18.4. The Hall–Kier alpha value is -4.23. The van der Waals surface area contributed by atoms with Crippen LogP contribution in [0.15, 0.2) is 97.3 Å². The van der Waals surface area contributed by atoms with E-state index in [-0.39, 0.29) is 5.91 Å². The van der Waals surface area contributed by atoms with E-state index in [4.69, 9.17) is 14.5 Å². The highest BCUT2D eigenvalue weighted by molar-refractivity contribution is 7.22. The number of aromatic nitrogens is 2. The molecular weight excluding hydrogens is 446 g/mol. The number of ether oxygens (including phenoxy) is 2. The van der Waals surface area contributed by atoms with Crippen molar-refractivity contribution in [2.45, 2.75) is 6.54 Å². The van der Waals surface area contributed by atoms with Crippen molar-refractivity contribution in [3.05, 3.63) is 108 Å². The van der Waals surface area contributed by atoms with E-state index in [1.54, 1.807) is 36.5 Å². The second-order valence-electron chi connectivity index (χ2n) is 7.49. The van der Waals surface area contributed by atoms with Gasteiger partial charge in [0.05, 0.1) is 29.4 Å². The maximum Gasteiger partial charge on any atom is 0.264 e. The lowest BCUT2D eigenvalue weighted by molar-refractivity contribution is 0.0983. The maximum atomic E-state index is 13.9. The average Bonchev–Trinajstić information content (AvgIpc) is 3.31. The van der Waals surface area contributed by atoms with Gasteiger partial charge in [0, 0.05) is 18.5 Å². The molecule has 5 aromatic rings. The average molecular weight is 468 g/mol. The Morgan fingerprint density at radius 2 is 1.76 bits per heavy atom. The molecule has 0 aliphatic carbocycles. The molecule has 7 heteroatoms. The third-order valence-corrected chi connectivity index (χ3v) is 6.27. The first-order chi connectivity index (χ1) is 16.7. The van der Waals surface area contributed by atoms with Crippen molar-refractivity contribution < 1.29 is 14.3 Å². The van der Waals surface area contributed by atoms with Gasteiger partial charge >= 0.3 is 0 Å². The summed E-state index contributed by atoms with van der Waals surface area (Å²) in [6.45, 7) is 0.323. The number of amides is 1. The van der Waals surface area contributed by atoms with Crippen LogP contribution in [0.1, 0.15) is 15.9 Å². The number of carbonyl (C=O) groups excluding carboxylic acids is 1. The molecule has 0 aliphatic rings. The number of carbonyl (C=O) groups is 1. The number of benzene rings is 3. The summed E-state index contributed by atoms with van der Waals surface area (Å²) in [6.07, 6.45) is 3.46. The molecule has 2 heterocycles. The minimum atomic E-state index is -0.207. The number of rotatable bonds is 7. The Kier molecular flexibility index (Phi) is 6.18. The fourth-order valence-electron chi connectivity index (χ4n) is 3.53. The molecule has 0 N–H and O–H groups in total. The molecule has 0 atom stereocenters. The normalized spacial score (nSPS) is 10.7. The van der Waals surface area contributed by atoms with Gasteiger partial charge in [0.25, 0.3) is 5.91 Å². The molecule has 0 bridgehead atoms. The smallest absolute Gasteiger partial charge is 0.264 e. The first-order valence-electron chi connectivity index (χ1n) is 10.7. The minimum absolute atomic E-state index is 0.207. The van der Waals surface area contributed by atoms with E-state index < -0.39 is 0 Å². The number of anilines is 1. The standard InChI is InChI=1S/C27H21N3O3S/c1-32-21-13-14-25-23(16-21)29-27(34-25)30(18-19-8-7-15-28-17-19)26(31)22-11-5-6-12-24(22)33-20-9-3-2-4-10-20/h2-17H,18H2,1H3. The molecule has 0 spiro atoms. The summed E-state index contributed by atoms with van der Waals surface area (Å²) in [5, 5.41) is 0.589. The van der Waals surface area contributed by atoms with Crippen molar-refractivity contribution >= 4 is 32.6 Å². The predicted octanol–water partition coefficient (Wildman–Crippen LogP) is 6.34. The first kappa shape index (κ1) is 21.6. The number of fused-ring (bicyclic) bond motifs is 1. The van der Waals surface area contributed by atoms with E-state index >= 15 is 0 Å². The Morgan fingerprint density at radius 1 is 0.941 bits per heavy atom. The molecule has 0 fully saturated rings. The largest absolute Gasteiger partial charge is 0.497 e. The van der Waals surface area contributed by atoms with Crippen LogP contribution in [0.3, 0.4) is 0 Å². The van der Waals surface area contributed by atoms with Crippen molar-refractivity contribution in [3.63, 3.8) is 0 Å². The molecule has 1 amide bonds. The van der Waals surface area contributed by atoms with Crippen molar-refractivity contribution in [2.24, 2.45) is 0 Å². The highest BCUT2D eigenvalue weighted by atomic mass is 32.1. The molecule has 0 radical (unpaired) electrons. The topological polar surface area (TPSA) is 64.5 Å². The summed E-state index contributed by atoms with van der Waals surface area (Å²) in [4.78, 5) is 24.6. The molecule has 34 heavy (non-hydrogen) atoms. The van der Waals surface area contributed by atoms with Gasteiger partial charge in [-0.1, -0.05) is 47.7 Å². The molecular formula is C27H21N3O3S. The van der Waals surface area contributed by atoms with Crippen LogP contribution in [-0.4, -0.2) is 23.0 Å². The molecule has 0 unspecified atom stereocenters. The van der Waals surface area contributed by atoms with Crippen LogP contribution in [0.25, 0.3) is 10.2 Å². The number of nitrogens with zero attached hydrogens (tertiary/aromatic N) is 3.